The molecule has 0 saturated carbocycles. The van der Waals surface area contributed by atoms with Crippen LogP contribution in [0.4, 0.5) is 5.82 Å². The van der Waals surface area contributed by atoms with E-state index in [9.17, 15) is 14.4 Å². The topological polar surface area (TPSA) is 139 Å². The fourth-order valence-electron chi connectivity index (χ4n) is 7.01. The summed E-state index contributed by atoms with van der Waals surface area (Å²) >= 11 is 0. The van der Waals surface area contributed by atoms with Crippen LogP contribution in [0.2, 0.25) is 0 Å². The van der Waals surface area contributed by atoms with Crippen LogP contribution in [-0.4, -0.2) is 83.9 Å². The summed E-state index contributed by atoms with van der Waals surface area (Å²) in [4.78, 5) is 47.2. The molecule has 7 rings (SSSR count). The lowest BCUT2D eigenvalue weighted by Crippen LogP contribution is -2.49. The summed E-state index contributed by atoms with van der Waals surface area (Å²) in [7, 11) is 1.73. The van der Waals surface area contributed by atoms with Gasteiger partial charge in [-0.1, -0.05) is 12.1 Å². The number of aromatic nitrogens is 3. The molecule has 0 saturated heterocycles. The molecule has 4 heterocycles. The summed E-state index contributed by atoms with van der Waals surface area (Å²) in [6.07, 6.45) is 6.52. The minimum absolute atomic E-state index is 0.0641. The van der Waals surface area contributed by atoms with E-state index < -0.39 is 11.5 Å². The number of pyridine rings is 1. The lowest BCUT2D eigenvalue weighted by Gasteiger charge is -2.25. The molecule has 2 aromatic heterocycles. The number of anilines is 1. The zero-order valence-electron chi connectivity index (χ0n) is 26.2. The van der Waals surface area contributed by atoms with E-state index in [1.807, 2.05) is 37.4 Å². The van der Waals surface area contributed by atoms with Gasteiger partial charge in [-0.2, -0.15) is 5.10 Å². The predicted molar refractivity (Wildman–Crippen MR) is 172 cm³/mol. The molecule has 1 spiro atoms. The van der Waals surface area contributed by atoms with Gasteiger partial charge in [0, 0.05) is 49.3 Å². The summed E-state index contributed by atoms with van der Waals surface area (Å²) in [5.41, 5.74) is 6.53. The minimum Gasteiger partial charge on any atom is -0.379 e. The highest BCUT2D eigenvalue weighted by Gasteiger charge is 2.51. The number of fused-ring (bicyclic) bond motifs is 3. The van der Waals surface area contributed by atoms with Gasteiger partial charge in [0.15, 0.2) is 0 Å². The van der Waals surface area contributed by atoms with Gasteiger partial charge in [0.1, 0.15) is 11.9 Å². The Bertz CT molecular complexity index is 1840. The maximum absolute atomic E-state index is 13.8. The number of benzene rings is 2. The molecule has 11 heteroatoms. The van der Waals surface area contributed by atoms with Crippen molar-refractivity contribution >= 4 is 34.4 Å². The summed E-state index contributed by atoms with van der Waals surface area (Å²) in [5, 5.41) is 14.1. The van der Waals surface area contributed by atoms with Crippen LogP contribution < -0.4 is 10.6 Å². The molecule has 3 N–H and O–H groups in total. The minimum atomic E-state index is -0.806. The van der Waals surface area contributed by atoms with Crippen molar-refractivity contribution in [2.24, 2.45) is 0 Å². The van der Waals surface area contributed by atoms with Gasteiger partial charge in [0.25, 0.3) is 5.91 Å². The third-order valence-corrected chi connectivity index (χ3v) is 9.50. The molecule has 0 fully saturated rings. The molecule has 3 amide bonds. The third kappa shape index (κ3) is 5.65. The van der Waals surface area contributed by atoms with Gasteiger partial charge in [-0.25, -0.2) is 4.98 Å². The monoisotopic (exact) mass is 622 g/mol. The first-order chi connectivity index (χ1) is 22.3. The van der Waals surface area contributed by atoms with Gasteiger partial charge < -0.3 is 25.0 Å². The lowest BCUT2D eigenvalue weighted by atomic mass is 9.79. The molecule has 3 aliphatic rings. The largest absolute Gasteiger partial charge is 0.379 e. The van der Waals surface area contributed by atoms with Gasteiger partial charge in [-0.05, 0) is 84.7 Å². The average Bonchev–Trinajstić information content (AvgIpc) is 3.75. The van der Waals surface area contributed by atoms with Crippen molar-refractivity contribution in [1.82, 2.24) is 25.4 Å². The Morgan fingerprint density at radius 3 is 2.67 bits per heavy atom. The van der Waals surface area contributed by atoms with Gasteiger partial charge >= 0.3 is 0 Å². The Labute approximate surface area is 267 Å². The van der Waals surface area contributed by atoms with E-state index in [0.717, 1.165) is 57.1 Å². The number of likely N-dealkylation sites (N-methyl/N-ethyl adjacent to an activating group) is 1. The second-order valence-electron chi connectivity index (χ2n) is 12.7. The van der Waals surface area contributed by atoms with Crippen LogP contribution in [0.5, 0.6) is 0 Å². The predicted octanol–water partition coefficient (Wildman–Crippen LogP) is 3.03. The highest BCUT2D eigenvalue weighted by Crippen LogP contribution is 2.47. The molecular weight excluding hydrogens is 584 g/mol. The third-order valence-electron chi connectivity index (χ3n) is 9.50. The van der Waals surface area contributed by atoms with E-state index in [1.165, 1.54) is 0 Å². The molecule has 2 aromatic carbocycles. The van der Waals surface area contributed by atoms with E-state index in [-0.39, 0.29) is 17.7 Å². The maximum Gasteiger partial charge on any atom is 0.251 e. The first-order valence-electron chi connectivity index (χ1n) is 15.9. The summed E-state index contributed by atoms with van der Waals surface area (Å²) in [6, 6.07) is 10.9. The van der Waals surface area contributed by atoms with Crippen molar-refractivity contribution in [1.29, 1.82) is 0 Å². The summed E-state index contributed by atoms with van der Waals surface area (Å²) < 4.78 is 11.5. The molecule has 11 nitrogen and oxygen atoms in total. The zero-order valence-corrected chi connectivity index (χ0v) is 26.2. The normalized spacial score (nSPS) is 22.4. The van der Waals surface area contributed by atoms with E-state index in [4.69, 9.17) is 9.47 Å². The van der Waals surface area contributed by atoms with Crippen LogP contribution in [0.15, 0.2) is 48.8 Å². The highest BCUT2D eigenvalue weighted by atomic mass is 16.5. The standard InChI is InChI=1S/C35H38N6O5/c1-21-12-23(13-27-20-37-40-30(21)27)15-29-33(43)41(2)7-9-46-11-10-45-8-3-4-22-14-28-31(36-19-22)39-34(44)35(28)17-25-6-5-24(32(42)38-29)16-26(25)18-35/h5-6,12-14,16,19-20,29H,3-4,7-11,15,17-18H2,1-2H3,(H,37,40)(H,38,42)(H,36,39,44). The number of nitrogens with zero attached hydrogens (tertiary/aromatic N) is 3. The van der Waals surface area contributed by atoms with Crippen LogP contribution in [-0.2, 0) is 50.2 Å². The molecule has 238 valence electrons. The van der Waals surface area contributed by atoms with Crippen molar-refractivity contribution in [3.63, 3.8) is 0 Å². The van der Waals surface area contributed by atoms with E-state index in [1.54, 1.807) is 24.2 Å². The number of carbonyl (C=O) groups is 3. The Morgan fingerprint density at radius 2 is 1.80 bits per heavy atom. The second kappa shape index (κ2) is 12.3. The van der Waals surface area contributed by atoms with Gasteiger partial charge in [0.05, 0.1) is 36.9 Å². The molecule has 2 aliphatic heterocycles. The number of aryl methyl sites for hydroxylation is 2. The van der Waals surface area contributed by atoms with E-state index in [2.05, 4.69) is 31.9 Å². The highest BCUT2D eigenvalue weighted by molar-refractivity contribution is 6.06. The molecule has 46 heavy (non-hydrogen) atoms. The Morgan fingerprint density at radius 1 is 0.978 bits per heavy atom. The molecular formula is C35H38N6O5. The Balaban J connectivity index is 1.19. The molecule has 0 radical (unpaired) electrons. The van der Waals surface area contributed by atoms with Crippen molar-refractivity contribution in [3.8, 4) is 0 Å². The van der Waals surface area contributed by atoms with Crippen molar-refractivity contribution < 1.29 is 23.9 Å². The fraction of sp³-hybridized carbons (Fsp3) is 0.400. The number of ether oxygens (including phenoxy) is 2. The molecule has 2 unspecified atom stereocenters. The van der Waals surface area contributed by atoms with Crippen molar-refractivity contribution in [2.45, 2.75) is 50.5 Å². The van der Waals surface area contributed by atoms with Crippen LogP contribution in [0.25, 0.3) is 10.9 Å². The number of amides is 3. The second-order valence-corrected chi connectivity index (χ2v) is 12.7. The van der Waals surface area contributed by atoms with Gasteiger partial charge in [0.2, 0.25) is 11.8 Å². The average molecular weight is 623 g/mol. The number of rotatable bonds is 2. The Hall–Kier alpha value is -4.61. The molecule has 1 aliphatic carbocycles. The molecule has 4 aromatic rings. The van der Waals surface area contributed by atoms with E-state index >= 15 is 0 Å². The number of aromatic amines is 1. The number of hydrogen-bond acceptors (Lipinski definition) is 7. The quantitative estimate of drug-likeness (QED) is 0.313. The Kier molecular flexibility index (Phi) is 8.04. The zero-order chi connectivity index (χ0) is 31.8. The van der Waals surface area contributed by atoms with Crippen LogP contribution >= 0.6 is 0 Å². The maximum atomic E-state index is 13.8. The first kappa shape index (κ1) is 30.1. The summed E-state index contributed by atoms with van der Waals surface area (Å²) in [6.45, 7) is 4.18. The number of H-pyrrole nitrogens is 1. The smallest absolute Gasteiger partial charge is 0.251 e. The van der Waals surface area contributed by atoms with E-state index in [0.29, 0.717) is 63.6 Å². The van der Waals surface area contributed by atoms with Crippen LogP contribution in [0, 0.1) is 6.92 Å². The lowest BCUT2D eigenvalue weighted by molar-refractivity contribution is -0.132. The fourth-order valence-corrected chi connectivity index (χ4v) is 7.01. The number of hydrogen-bond donors (Lipinski definition) is 3. The first-order valence-corrected chi connectivity index (χ1v) is 15.9. The molecule has 2 atom stereocenters. The number of nitrogens with one attached hydrogen (secondary N) is 3. The molecule has 5 bridgehead atoms. The van der Waals surface area contributed by atoms with Crippen LogP contribution in [0.1, 0.15) is 50.2 Å². The summed E-state index contributed by atoms with van der Waals surface area (Å²) in [5.74, 6) is -0.00210. The number of carbonyl (C=O) groups excluding carboxylic acids is 3. The van der Waals surface area contributed by atoms with Gasteiger partial charge in [-0.15, -0.1) is 0 Å². The van der Waals surface area contributed by atoms with Gasteiger partial charge in [-0.3, -0.25) is 19.5 Å². The van der Waals surface area contributed by atoms with Crippen molar-refractivity contribution in [3.05, 3.63) is 87.7 Å². The van der Waals surface area contributed by atoms with Crippen molar-refractivity contribution in [2.75, 3.05) is 45.3 Å². The van der Waals surface area contributed by atoms with Crippen LogP contribution in [0.3, 0.4) is 0 Å². The SMILES string of the molecule is Cc1cc(CC2NC(=O)c3ccc4c(c3)CC3(C4)C(=O)Nc4ncc(cc43)CCCOCCOCCN(C)C2=O)cc2cn[nH]c12.